The van der Waals surface area contributed by atoms with E-state index in [0.717, 1.165) is 42.9 Å². The molecule has 1 aliphatic carbocycles. The van der Waals surface area contributed by atoms with Gasteiger partial charge in [-0.15, -0.1) is 0 Å². The molecule has 3 atom stereocenters. The van der Waals surface area contributed by atoms with E-state index < -0.39 is 0 Å². The van der Waals surface area contributed by atoms with Gasteiger partial charge in [0.1, 0.15) is 5.69 Å². The molecular weight excluding hydrogens is 304 g/mol. The Kier molecular flexibility index (Phi) is 4.06. The van der Waals surface area contributed by atoms with Crippen molar-refractivity contribution in [3.05, 3.63) is 36.4 Å². The molecule has 1 N–H and O–H groups in total. The highest BCUT2D eigenvalue weighted by molar-refractivity contribution is 5.77. The highest BCUT2D eigenvalue weighted by Crippen LogP contribution is 2.38. The van der Waals surface area contributed by atoms with Crippen LogP contribution in [0.2, 0.25) is 0 Å². The van der Waals surface area contributed by atoms with Gasteiger partial charge >= 0.3 is 0 Å². The highest BCUT2D eigenvalue weighted by atomic mass is 16.5. The molecule has 0 radical (unpaired) electrons. The van der Waals surface area contributed by atoms with Gasteiger partial charge in [0.2, 0.25) is 5.91 Å². The Morgan fingerprint density at radius 3 is 3.08 bits per heavy atom. The van der Waals surface area contributed by atoms with E-state index in [-0.39, 0.29) is 5.91 Å². The smallest absolute Gasteiger partial charge is 0.220 e. The molecule has 126 valence electrons. The molecule has 6 heteroatoms. The Balaban J connectivity index is 1.39. The molecule has 1 aliphatic heterocycles. The van der Waals surface area contributed by atoms with Gasteiger partial charge in [-0.05, 0) is 43.9 Å². The Morgan fingerprint density at radius 1 is 1.38 bits per heavy atom. The van der Waals surface area contributed by atoms with E-state index in [9.17, 15) is 4.79 Å². The van der Waals surface area contributed by atoms with Crippen LogP contribution in [-0.4, -0.2) is 40.6 Å². The summed E-state index contributed by atoms with van der Waals surface area (Å²) in [5.74, 6) is 2.22. The third kappa shape index (κ3) is 3.06. The number of hydrogen-bond acceptors (Lipinski definition) is 5. The average Bonchev–Trinajstić information content (AvgIpc) is 3.22. The van der Waals surface area contributed by atoms with Crippen molar-refractivity contribution in [2.45, 2.75) is 31.8 Å². The van der Waals surface area contributed by atoms with Crippen LogP contribution in [0.5, 0.6) is 0 Å². The van der Waals surface area contributed by atoms with Crippen molar-refractivity contribution in [2.24, 2.45) is 11.8 Å². The van der Waals surface area contributed by atoms with Gasteiger partial charge in [-0.1, -0.05) is 5.16 Å². The first-order valence-electron chi connectivity index (χ1n) is 8.52. The predicted molar refractivity (Wildman–Crippen MR) is 88.8 cm³/mol. The lowest BCUT2D eigenvalue weighted by Gasteiger charge is -2.24. The van der Waals surface area contributed by atoms with E-state index in [1.165, 1.54) is 0 Å². The number of amides is 1. The van der Waals surface area contributed by atoms with Crippen molar-refractivity contribution in [1.82, 2.24) is 20.4 Å². The molecule has 0 unspecified atom stereocenters. The minimum Gasteiger partial charge on any atom is -0.359 e. The second-order valence-electron chi connectivity index (χ2n) is 6.99. The molecule has 3 heterocycles. The summed E-state index contributed by atoms with van der Waals surface area (Å²) in [6.45, 7) is 1.57. The lowest BCUT2D eigenvalue weighted by Crippen LogP contribution is -2.38. The van der Waals surface area contributed by atoms with Gasteiger partial charge in [0.25, 0.3) is 0 Å². The van der Waals surface area contributed by atoms with Gasteiger partial charge < -0.3 is 9.84 Å². The summed E-state index contributed by atoms with van der Waals surface area (Å²) in [6, 6.07) is 6.36. The molecular formula is C18H22N4O2. The summed E-state index contributed by atoms with van der Waals surface area (Å²) < 4.78 is 5.50. The Morgan fingerprint density at radius 2 is 2.25 bits per heavy atom. The summed E-state index contributed by atoms with van der Waals surface area (Å²) in [7, 11) is 2.13. The maximum Gasteiger partial charge on any atom is 0.220 e. The third-order valence-electron chi connectivity index (χ3n) is 5.37. The maximum absolute atomic E-state index is 11.6. The van der Waals surface area contributed by atoms with E-state index in [1.807, 2.05) is 18.2 Å². The quantitative estimate of drug-likeness (QED) is 0.931. The fourth-order valence-electron chi connectivity index (χ4n) is 4.01. The SMILES string of the molecule is CN(Cc1cc(-c2cccnc2)no1)[C@H]1C[C@H]2CNC(=O)C[C@H]2C1. The summed E-state index contributed by atoms with van der Waals surface area (Å²) in [4.78, 5) is 18.0. The minimum atomic E-state index is 0.205. The van der Waals surface area contributed by atoms with Crippen molar-refractivity contribution >= 4 is 5.91 Å². The number of aromatic nitrogens is 2. The van der Waals surface area contributed by atoms with E-state index >= 15 is 0 Å². The molecule has 0 spiro atoms. The van der Waals surface area contributed by atoms with E-state index in [2.05, 4.69) is 27.4 Å². The van der Waals surface area contributed by atoms with Crippen LogP contribution in [0.15, 0.2) is 35.1 Å². The fourth-order valence-corrected chi connectivity index (χ4v) is 4.01. The minimum absolute atomic E-state index is 0.205. The summed E-state index contributed by atoms with van der Waals surface area (Å²) in [5.41, 5.74) is 1.79. The topological polar surface area (TPSA) is 71.3 Å². The second-order valence-corrected chi connectivity index (χ2v) is 6.99. The van der Waals surface area contributed by atoms with Crippen molar-refractivity contribution in [3.63, 3.8) is 0 Å². The second kappa shape index (κ2) is 6.36. The number of nitrogens with zero attached hydrogens (tertiary/aromatic N) is 3. The van der Waals surface area contributed by atoms with Crippen LogP contribution in [-0.2, 0) is 11.3 Å². The normalized spacial score (nSPS) is 26.4. The zero-order valence-corrected chi connectivity index (χ0v) is 13.8. The maximum atomic E-state index is 11.6. The number of pyridine rings is 1. The Hall–Kier alpha value is -2.21. The van der Waals surface area contributed by atoms with Crippen LogP contribution in [0.3, 0.4) is 0 Å². The lowest BCUT2D eigenvalue weighted by atomic mass is 9.89. The number of nitrogens with one attached hydrogen (secondary N) is 1. The first-order chi connectivity index (χ1) is 11.7. The standard InChI is InChI=1S/C18H22N4O2/c1-22(15-5-13-7-18(23)20-10-14(13)6-15)11-16-8-17(21-24-16)12-3-2-4-19-9-12/h2-4,8-9,13-15H,5-7,10-11H2,1H3,(H,20,23)/t13-,14+,15-/m1/s1. The molecule has 4 rings (SSSR count). The lowest BCUT2D eigenvalue weighted by molar-refractivity contribution is -0.124. The van der Waals surface area contributed by atoms with Crippen molar-refractivity contribution in [1.29, 1.82) is 0 Å². The largest absolute Gasteiger partial charge is 0.359 e. The molecule has 1 amide bonds. The summed E-state index contributed by atoms with van der Waals surface area (Å²) in [6.07, 6.45) is 6.46. The number of rotatable bonds is 4. The number of carbonyl (C=O) groups excluding carboxylic acids is 1. The molecule has 24 heavy (non-hydrogen) atoms. The predicted octanol–water partition coefficient (Wildman–Crippen LogP) is 2.08. The van der Waals surface area contributed by atoms with Gasteiger partial charge in [0.05, 0.1) is 6.54 Å². The van der Waals surface area contributed by atoms with E-state index in [0.29, 0.717) is 24.3 Å². The van der Waals surface area contributed by atoms with Crippen LogP contribution < -0.4 is 5.32 Å². The Labute approximate surface area is 141 Å². The molecule has 2 aliphatic rings. The molecule has 0 aromatic carbocycles. The van der Waals surface area contributed by atoms with Crippen LogP contribution in [0.25, 0.3) is 11.3 Å². The van der Waals surface area contributed by atoms with E-state index in [4.69, 9.17) is 4.52 Å². The molecule has 2 fully saturated rings. The van der Waals surface area contributed by atoms with Crippen molar-refractivity contribution < 1.29 is 9.32 Å². The van der Waals surface area contributed by atoms with Gasteiger partial charge in [0.15, 0.2) is 5.76 Å². The average molecular weight is 326 g/mol. The van der Waals surface area contributed by atoms with Crippen molar-refractivity contribution in [2.75, 3.05) is 13.6 Å². The zero-order valence-electron chi connectivity index (χ0n) is 13.8. The first kappa shape index (κ1) is 15.3. The molecule has 2 aromatic rings. The van der Waals surface area contributed by atoms with Gasteiger partial charge in [-0.3, -0.25) is 14.7 Å². The molecule has 2 aromatic heterocycles. The van der Waals surface area contributed by atoms with Gasteiger partial charge in [0, 0.05) is 43.0 Å². The Bertz CT molecular complexity index is 715. The number of fused-ring (bicyclic) bond motifs is 1. The molecule has 0 bridgehead atoms. The van der Waals surface area contributed by atoms with Crippen LogP contribution >= 0.6 is 0 Å². The summed E-state index contributed by atoms with van der Waals surface area (Å²) >= 11 is 0. The monoisotopic (exact) mass is 326 g/mol. The van der Waals surface area contributed by atoms with Crippen LogP contribution in [0.1, 0.15) is 25.0 Å². The van der Waals surface area contributed by atoms with Crippen molar-refractivity contribution in [3.8, 4) is 11.3 Å². The first-order valence-corrected chi connectivity index (χ1v) is 8.52. The van der Waals surface area contributed by atoms with E-state index in [1.54, 1.807) is 12.4 Å². The molecule has 6 nitrogen and oxygen atoms in total. The van der Waals surface area contributed by atoms with Gasteiger partial charge in [-0.25, -0.2) is 0 Å². The molecule has 1 saturated heterocycles. The zero-order chi connectivity index (χ0) is 16.5. The third-order valence-corrected chi connectivity index (χ3v) is 5.37. The molecule has 1 saturated carbocycles. The van der Waals surface area contributed by atoms with Crippen LogP contribution in [0, 0.1) is 11.8 Å². The highest BCUT2D eigenvalue weighted by Gasteiger charge is 2.39. The van der Waals surface area contributed by atoms with Gasteiger partial charge in [-0.2, -0.15) is 0 Å². The fraction of sp³-hybridized carbons (Fsp3) is 0.500. The summed E-state index contributed by atoms with van der Waals surface area (Å²) in [5, 5.41) is 7.14. The number of piperidine rings is 1. The number of hydrogen-bond donors (Lipinski definition) is 1. The number of carbonyl (C=O) groups is 1. The van der Waals surface area contributed by atoms with Crippen LogP contribution in [0.4, 0.5) is 0 Å².